The summed E-state index contributed by atoms with van der Waals surface area (Å²) >= 11 is 12.7. The van der Waals surface area contributed by atoms with E-state index in [1.165, 1.54) is 17.0 Å². The Morgan fingerprint density at radius 1 is 1.09 bits per heavy atom. The number of thioether (sulfide) groups is 1. The van der Waals surface area contributed by atoms with E-state index in [-0.39, 0.29) is 11.5 Å². The van der Waals surface area contributed by atoms with Gasteiger partial charge in [-0.2, -0.15) is 0 Å². The Morgan fingerprint density at radius 2 is 1.83 bits per heavy atom. The molecular formula is C26H20ClNO5S2. The van der Waals surface area contributed by atoms with E-state index in [4.69, 9.17) is 33.3 Å². The zero-order valence-corrected chi connectivity index (χ0v) is 21.0. The van der Waals surface area contributed by atoms with Crippen LogP contribution in [-0.2, 0) is 4.79 Å². The number of carbonyl (C=O) groups excluding carboxylic acids is 1. The van der Waals surface area contributed by atoms with Crippen molar-refractivity contribution < 1.29 is 24.2 Å². The van der Waals surface area contributed by atoms with E-state index >= 15 is 0 Å². The molecule has 0 aliphatic carbocycles. The van der Waals surface area contributed by atoms with Gasteiger partial charge in [0, 0.05) is 10.6 Å². The van der Waals surface area contributed by atoms with E-state index in [0.717, 1.165) is 23.1 Å². The Balaban J connectivity index is 1.49. The minimum Gasteiger partial charge on any atom is -0.490 e. The Morgan fingerprint density at radius 3 is 2.57 bits per heavy atom. The number of hydrogen-bond donors (Lipinski definition) is 1. The van der Waals surface area contributed by atoms with Gasteiger partial charge in [0.15, 0.2) is 4.32 Å². The van der Waals surface area contributed by atoms with Crippen LogP contribution >= 0.6 is 35.6 Å². The molecule has 1 N–H and O–H groups in total. The first kappa shape index (κ1) is 24.8. The average molecular weight is 526 g/mol. The smallest absolute Gasteiger partial charge is 0.335 e. The highest BCUT2D eigenvalue weighted by molar-refractivity contribution is 8.27. The maximum Gasteiger partial charge on any atom is 0.335 e. The molecule has 9 heteroatoms. The predicted molar refractivity (Wildman–Crippen MR) is 143 cm³/mol. The van der Waals surface area contributed by atoms with Gasteiger partial charge < -0.3 is 14.6 Å². The number of thiocarbonyl (C=S) groups is 1. The number of aryl methyl sites for hydroxylation is 1. The molecule has 0 unspecified atom stereocenters. The Labute approximate surface area is 217 Å². The number of anilines is 1. The molecule has 6 nitrogen and oxygen atoms in total. The molecular weight excluding hydrogens is 506 g/mol. The Kier molecular flexibility index (Phi) is 7.75. The normalized spacial score (nSPS) is 14.5. The number of carbonyl (C=O) groups is 2. The topological polar surface area (TPSA) is 76.1 Å². The first-order chi connectivity index (χ1) is 16.8. The summed E-state index contributed by atoms with van der Waals surface area (Å²) in [6.07, 6.45) is 1.67. The second-order valence-corrected chi connectivity index (χ2v) is 9.68. The Hall–Kier alpha value is -3.33. The van der Waals surface area contributed by atoms with Crippen LogP contribution in [0, 0.1) is 6.92 Å². The fraction of sp³-hybridized carbons (Fsp3) is 0.115. The summed E-state index contributed by atoms with van der Waals surface area (Å²) in [6.45, 7) is 2.64. The monoisotopic (exact) mass is 525 g/mol. The minimum absolute atomic E-state index is 0.0684. The zero-order valence-electron chi connectivity index (χ0n) is 18.6. The fourth-order valence-electron chi connectivity index (χ4n) is 3.32. The summed E-state index contributed by atoms with van der Waals surface area (Å²) < 4.78 is 11.9. The zero-order chi connectivity index (χ0) is 24.9. The second kappa shape index (κ2) is 10.9. The summed E-state index contributed by atoms with van der Waals surface area (Å²) in [7, 11) is 0. The lowest BCUT2D eigenvalue weighted by atomic mass is 10.1. The van der Waals surface area contributed by atoms with E-state index < -0.39 is 5.97 Å². The summed E-state index contributed by atoms with van der Waals surface area (Å²) in [5.41, 5.74) is 2.23. The van der Waals surface area contributed by atoms with Crippen LogP contribution in [0.4, 0.5) is 5.69 Å². The van der Waals surface area contributed by atoms with Gasteiger partial charge >= 0.3 is 5.97 Å². The number of rotatable bonds is 8. The molecule has 1 heterocycles. The molecule has 0 radical (unpaired) electrons. The minimum atomic E-state index is -1.08. The molecule has 1 saturated heterocycles. The van der Waals surface area contributed by atoms with Crippen molar-refractivity contribution in [3.8, 4) is 11.5 Å². The van der Waals surface area contributed by atoms with Crippen LogP contribution in [0.3, 0.4) is 0 Å². The van der Waals surface area contributed by atoms with Crippen LogP contribution in [0.25, 0.3) is 6.08 Å². The highest BCUT2D eigenvalue weighted by Gasteiger charge is 2.33. The third kappa shape index (κ3) is 6.03. The third-order valence-corrected chi connectivity index (χ3v) is 6.57. The molecule has 3 aromatic carbocycles. The predicted octanol–water partition coefficient (Wildman–Crippen LogP) is 6.21. The molecule has 0 saturated carbocycles. The molecule has 0 atom stereocenters. The molecule has 178 valence electrons. The average Bonchev–Trinajstić information content (AvgIpc) is 3.11. The SMILES string of the molecule is Cc1ccc(OCCOc2ccc(Cl)cc2/C=C2\SC(=S)N(c3cccc(C(=O)O)c3)C2=O)cc1. The standard InChI is InChI=1S/C26H20ClNO5S2/c1-16-5-8-21(9-6-16)32-11-12-33-22-10-7-19(27)13-18(22)15-23-24(29)28(26(34)35-23)20-4-2-3-17(14-20)25(30)31/h2-10,13-15H,11-12H2,1H3,(H,30,31)/b23-15-. The lowest BCUT2D eigenvalue weighted by molar-refractivity contribution is -0.113. The van der Waals surface area contributed by atoms with Crippen LogP contribution in [0.5, 0.6) is 11.5 Å². The number of hydrogen-bond acceptors (Lipinski definition) is 6. The van der Waals surface area contributed by atoms with Crippen LogP contribution in [-0.4, -0.2) is 34.5 Å². The molecule has 0 spiro atoms. The summed E-state index contributed by atoms with van der Waals surface area (Å²) in [5, 5.41) is 9.75. The molecule has 1 fully saturated rings. The van der Waals surface area contributed by atoms with E-state index in [0.29, 0.717) is 44.5 Å². The number of aromatic carboxylic acids is 1. The van der Waals surface area contributed by atoms with Gasteiger partial charge in [-0.3, -0.25) is 9.69 Å². The van der Waals surface area contributed by atoms with Gasteiger partial charge in [-0.1, -0.05) is 59.3 Å². The van der Waals surface area contributed by atoms with Crippen molar-refractivity contribution in [3.63, 3.8) is 0 Å². The maximum absolute atomic E-state index is 13.1. The van der Waals surface area contributed by atoms with E-state index in [1.807, 2.05) is 31.2 Å². The number of benzene rings is 3. The molecule has 3 aromatic rings. The molecule has 0 bridgehead atoms. The van der Waals surface area contributed by atoms with Gasteiger partial charge in [-0.25, -0.2) is 4.79 Å². The fourth-order valence-corrected chi connectivity index (χ4v) is 4.79. The van der Waals surface area contributed by atoms with Crippen molar-refractivity contribution >= 4 is 63.5 Å². The molecule has 0 aromatic heterocycles. The number of ether oxygens (including phenoxy) is 2. The highest BCUT2D eigenvalue weighted by atomic mass is 35.5. The third-order valence-electron chi connectivity index (χ3n) is 5.03. The maximum atomic E-state index is 13.1. The molecule has 1 aliphatic heterocycles. The van der Waals surface area contributed by atoms with E-state index in [1.54, 1.807) is 36.4 Å². The first-order valence-electron chi connectivity index (χ1n) is 10.5. The van der Waals surface area contributed by atoms with E-state index in [9.17, 15) is 14.7 Å². The molecule has 1 amide bonds. The van der Waals surface area contributed by atoms with E-state index in [2.05, 4.69) is 0 Å². The molecule has 35 heavy (non-hydrogen) atoms. The number of amides is 1. The van der Waals surface area contributed by atoms with Crippen LogP contribution < -0.4 is 14.4 Å². The summed E-state index contributed by atoms with van der Waals surface area (Å²) in [6, 6.07) is 19.0. The van der Waals surface area contributed by atoms with Crippen molar-refractivity contribution in [1.82, 2.24) is 0 Å². The summed E-state index contributed by atoms with van der Waals surface area (Å²) in [5.74, 6) is -0.137. The molecule has 1 aliphatic rings. The quantitative estimate of drug-likeness (QED) is 0.213. The number of carboxylic acids is 1. The van der Waals surface area contributed by atoms with Crippen molar-refractivity contribution in [2.75, 3.05) is 18.1 Å². The van der Waals surface area contributed by atoms with Gasteiger partial charge in [0.2, 0.25) is 0 Å². The van der Waals surface area contributed by atoms with Crippen LogP contribution in [0.15, 0.2) is 71.6 Å². The summed E-state index contributed by atoms with van der Waals surface area (Å²) in [4.78, 5) is 26.2. The van der Waals surface area contributed by atoms with Crippen molar-refractivity contribution in [2.24, 2.45) is 0 Å². The van der Waals surface area contributed by atoms with Gasteiger partial charge in [0.1, 0.15) is 24.7 Å². The largest absolute Gasteiger partial charge is 0.490 e. The van der Waals surface area contributed by atoms with Crippen LogP contribution in [0.1, 0.15) is 21.5 Å². The van der Waals surface area contributed by atoms with Gasteiger partial charge in [-0.05, 0) is 61.5 Å². The lowest BCUT2D eigenvalue weighted by Crippen LogP contribution is -2.27. The number of nitrogens with zero attached hydrogens (tertiary/aromatic N) is 1. The van der Waals surface area contributed by atoms with Gasteiger partial charge in [0.05, 0.1) is 16.2 Å². The van der Waals surface area contributed by atoms with Crippen molar-refractivity contribution in [1.29, 1.82) is 0 Å². The Bertz CT molecular complexity index is 1320. The van der Waals surface area contributed by atoms with Crippen molar-refractivity contribution in [3.05, 3.63) is 93.3 Å². The van der Waals surface area contributed by atoms with Gasteiger partial charge in [0.25, 0.3) is 5.91 Å². The van der Waals surface area contributed by atoms with Gasteiger partial charge in [-0.15, -0.1) is 0 Å². The number of halogens is 1. The van der Waals surface area contributed by atoms with Crippen molar-refractivity contribution in [2.45, 2.75) is 6.92 Å². The molecule has 4 rings (SSSR count). The second-order valence-electron chi connectivity index (χ2n) is 7.56. The first-order valence-corrected chi connectivity index (χ1v) is 12.2. The highest BCUT2D eigenvalue weighted by Crippen LogP contribution is 2.38. The lowest BCUT2D eigenvalue weighted by Gasteiger charge is -2.15. The van der Waals surface area contributed by atoms with Crippen LogP contribution in [0.2, 0.25) is 5.02 Å². The number of carboxylic acid groups (broad SMARTS) is 1.